The van der Waals surface area contributed by atoms with Crippen molar-refractivity contribution in [1.82, 2.24) is 19.1 Å². The zero-order valence-electron chi connectivity index (χ0n) is 15.9. The van der Waals surface area contributed by atoms with E-state index in [-0.39, 0.29) is 11.2 Å². The molecule has 0 aliphatic rings. The van der Waals surface area contributed by atoms with Crippen LogP contribution in [0.5, 0.6) is 5.75 Å². The Kier molecular flexibility index (Phi) is 5.59. The van der Waals surface area contributed by atoms with Gasteiger partial charge in [0.2, 0.25) is 0 Å². The Labute approximate surface area is 156 Å². The number of fused-ring (bicyclic) bond motifs is 1. The van der Waals surface area contributed by atoms with E-state index in [0.717, 1.165) is 17.7 Å². The summed E-state index contributed by atoms with van der Waals surface area (Å²) in [4.78, 5) is 32.9. The summed E-state index contributed by atoms with van der Waals surface area (Å²) in [5, 5.41) is 0. The summed E-state index contributed by atoms with van der Waals surface area (Å²) in [6.45, 7) is 4.85. The van der Waals surface area contributed by atoms with E-state index in [0.29, 0.717) is 36.5 Å². The van der Waals surface area contributed by atoms with Crippen LogP contribution in [-0.4, -0.2) is 26.2 Å². The van der Waals surface area contributed by atoms with Crippen molar-refractivity contribution in [2.24, 2.45) is 0 Å². The van der Waals surface area contributed by atoms with Crippen molar-refractivity contribution in [3.05, 3.63) is 56.5 Å². The lowest BCUT2D eigenvalue weighted by Crippen LogP contribution is -2.40. The maximum Gasteiger partial charge on any atom is 0.332 e. The van der Waals surface area contributed by atoms with E-state index >= 15 is 0 Å². The summed E-state index contributed by atoms with van der Waals surface area (Å²) in [5.74, 6) is 1.33. The number of methoxy groups -OCH3 is 1. The van der Waals surface area contributed by atoms with Crippen molar-refractivity contribution in [2.45, 2.75) is 39.8 Å². The number of imidazole rings is 1. The van der Waals surface area contributed by atoms with Gasteiger partial charge in [0.05, 0.1) is 7.11 Å². The highest BCUT2D eigenvalue weighted by atomic mass is 16.5. The average molecular weight is 368 g/mol. The zero-order valence-corrected chi connectivity index (χ0v) is 15.9. The molecule has 0 amide bonds. The summed E-state index contributed by atoms with van der Waals surface area (Å²) in [6, 6.07) is 7.61. The average Bonchev–Trinajstić information content (AvgIpc) is 3.11. The zero-order chi connectivity index (χ0) is 19.4. The molecule has 0 saturated carbocycles. The lowest BCUT2D eigenvalue weighted by Gasteiger charge is -2.09. The molecule has 142 valence electrons. The minimum Gasteiger partial charge on any atom is -0.497 e. The monoisotopic (exact) mass is 368 g/mol. The molecular weight excluding hydrogens is 344 g/mol. The Bertz CT molecular complexity index is 1070. The van der Waals surface area contributed by atoms with Crippen LogP contribution in [0.2, 0.25) is 0 Å². The first kappa shape index (κ1) is 18.7. The molecule has 3 rings (SSSR count). The van der Waals surface area contributed by atoms with Crippen LogP contribution >= 0.6 is 0 Å². The van der Waals surface area contributed by atoms with Gasteiger partial charge in [-0.2, -0.15) is 0 Å². The number of ether oxygens (including phenoxy) is 1. The summed E-state index contributed by atoms with van der Waals surface area (Å²) in [5.41, 5.74) is 1.14. The minimum absolute atomic E-state index is 0.298. The molecule has 0 spiro atoms. The summed E-state index contributed by atoms with van der Waals surface area (Å²) < 4.78 is 8.01. The van der Waals surface area contributed by atoms with E-state index in [4.69, 9.17) is 4.74 Å². The largest absolute Gasteiger partial charge is 0.497 e. The van der Waals surface area contributed by atoms with Crippen molar-refractivity contribution in [3.63, 3.8) is 0 Å². The number of benzene rings is 1. The van der Waals surface area contributed by atoms with Gasteiger partial charge in [-0.1, -0.05) is 32.1 Å². The lowest BCUT2D eigenvalue weighted by atomic mass is 10.2. The first-order valence-corrected chi connectivity index (χ1v) is 9.14. The van der Waals surface area contributed by atoms with Gasteiger partial charge in [0, 0.05) is 13.1 Å². The van der Waals surface area contributed by atoms with Gasteiger partial charge in [0.25, 0.3) is 5.56 Å². The number of aryl methyl sites for hydroxylation is 1. The maximum absolute atomic E-state index is 12.7. The second kappa shape index (κ2) is 8.07. The molecule has 7 nitrogen and oxygen atoms in total. The highest BCUT2D eigenvalue weighted by Crippen LogP contribution is 2.14. The van der Waals surface area contributed by atoms with Crippen molar-refractivity contribution >= 4 is 23.3 Å². The normalized spacial score (nSPS) is 11.5. The molecule has 0 fully saturated rings. The van der Waals surface area contributed by atoms with E-state index < -0.39 is 0 Å². The molecule has 0 atom stereocenters. The summed E-state index contributed by atoms with van der Waals surface area (Å²) >= 11 is 0. The number of hydrogen-bond acceptors (Lipinski definition) is 4. The lowest BCUT2D eigenvalue weighted by molar-refractivity contribution is 0.415. The number of aromatic nitrogens is 4. The third-order valence-electron chi connectivity index (χ3n) is 4.32. The van der Waals surface area contributed by atoms with Crippen molar-refractivity contribution < 1.29 is 4.74 Å². The smallest absolute Gasteiger partial charge is 0.332 e. The van der Waals surface area contributed by atoms with E-state index in [1.165, 1.54) is 4.57 Å². The van der Waals surface area contributed by atoms with Crippen LogP contribution in [0.15, 0.2) is 33.9 Å². The van der Waals surface area contributed by atoms with E-state index in [1.54, 1.807) is 17.8 Å². The predicted molar refractivity (Wildman–Crippen MR) is 107 cm³/mol. The molecule has 1 N–H and O–H groups in total. The molecule has 3 aromatic rings. The second-order valence-corrected chi connectivity index (χ2v) is 6.32. The molecule has 7 heteroatoms. The van der Waals surface area contributed by atoms with Crippen molar-refractivity contribution in [1.29, 1.82) is 0 Å². The molecule has 0 saturated heterocycles. The minimum atomic E-state index is -0.319. The maximum atomic E-state index is 12.7. The standard InChI is InChI=1S/C20H24N4O3/c1-4-12-23-18-17(19(25)24(13-5-2)20(23)26)21-16(22-18)11-8-14-6-9-15(27-3)10-7-14/h6-11H,4-5,12-13H2,1-3H3,(H,21,22)/b11-8+. The van der Waals surface area contributed by atoms with Crippen molar-refractivity contribution in [2.75, 3.05) is 7.11 Å². The van der Waals surface area contributed by atoms with Crippen molar-refractivity contribution in [3.8, 4) is 5.75 Å². The molecular formula is C20H24N4O3. The van der Waals surface area contributed by atoms with Gasteiger partial charge < -0.3 is 9.72 Å². The molecule has 0 aliphatic heterocycles. The third kappa shape index (κ3) is 3.72. The Morgan fingerprint density at radius 2 is 1.70 bits per heavy atom. The number of rotatable bonds is 7. The van der Waals surface area contributed by atoms with Gasteiger partial charge in [0.15, 0.2) is 5.65 Å². The summed E-state index contributed by atoms with van der Waals surface area (Å²) in [6.07, 6.45) is 5.19. The van der Waals surface area contributed by atoms with Crippen LogP contribution in [0.1, 0.15) is 38.1 Å². The fourth-order valence-corrected chi connectivity index (χ4v) is 3.00. The van der Waals surface area contributed by atoms with Crippen LogP contribution in [0, 0.1) is 0 Å². The van der Waals surface area contributed by atoms with E-state index in [1.807, 2.05) is 44.2 Å². The Balaban J connectivity index is 2.06. The van der Waals surface area contributed by atoms with Crippen LogP contribution in [0.4, 0.5) is 0 Å². The fourth-order valence-electron chi connectivity index (χ4n) is 3.00. The summed E-state index contributed by atoms with van der Waals surface area (Å²) in [7, 11) is 1.63. The predicted octanol–water partition coefficient (Wildman–Crippen LogP) is 2.89. The second-order valence-electron chi connectivity index (χ2n) is 6.32. The Morgan fingerprint density at radius 3 is 2.33 bits per heavy atom. The van der Waals surface area contributed by atoms with Crippen LogP contribution in [-0.2, 0) is 13.1 Å². The van der Waals surface area contributed by atoms with Crippen LogP contribution in [0.3, 0.4) is 0 Å². The molecule has 0 unspecified atom stereocenters. The molecule has 1 aromatic carbocycles. The van der Waals surface area contributed by atoms with E-state index in [9.17, 15) is 9.59 Å². The highest BCUT2D eigenvalue weighted by molar-refractivity contribution is 5.75. The Morgan fingerprint density at radius 1 is 1.04 bits per heavy atom. The van der Waals surface area contributed by atoms with Gasteiger partial charge in [-0.05, 0) is 36.6 Å². The van der Waals surface area contributed by atoms with Gasteiger partial charge in [-0.25, -0.2) is 9.78 Å². The third-order valence-corrected chi connectivity index (χ3v) is 4.32. The highest BCUT2D eigenvalue weighted by Gasteiger charge is 2.15. The van der Waals surface area contributed by atoms with Gasteiger partial charge in [-0.3, -0.25) is 13.9 Å². The molecule has 27 heavy (non-hydrogen) atoms. The van der Waals surface area contributed by atoms with Gasteiger partial charge >= 0.3 is 5.69 Å². The molecule has 0 aliphatic carbocycles. The van der Waals surface area contributed by atoms with Gasteiger partial charge in [0.1, 0.15) is 17.1 Å². The van der Waals surface area contributed by atoms with Gasteiger partial charge in [-0.15, -0.1) is 0 Å². The number of hydrogen-bond donors (Lipinski definition) is 1. The van der Waals surface area contributed by atoms with E-state index in [2.05, 4.69) is 9.97 Å². The molecule has 0 bridgehead atoms. The quantitative estimate of drug-likeness (QED) is 0.695. The SMILES string of the molecule is CCCn1c(=O)c2[nH]c(/C=C/c3ccc(OC)cc3)nc2n(CCC)c1=O. The van der Waals surface area contributed by atoms with Crippen LogP contribution in [0.25, 0.3) is 23.3 Å². The first-order chi connectivity index (χ1) is 13.1. The van der Waals surface area contributed by atoms with Crippen LogP contribution < -0.4 is 16.0 Å². The molecule has 0 radical (unpaired) electrons. The topological polar surface area (TPSA) is 81.9 Å². The number of nitrogens with zero attached hydrogens (tertiary/aromatic N) is 3. The number of nitrogens with one attached hydrogen (secondary N) is 1. The Hall–Kier alpha value is -3.09. The first-order valence-electron chi connectivity index (χ1n) is 9.14. The fraction of sp³-hybridized carbons (Fsp3) is 0.350. The number of H-pyrrole nitrogens is 1. The molecule has 2 aromatic heterocycles. The number of aromatic amines is 1. The molecule has 2 heterocycles.